The van der Waals surface area contributed by atoms with Crippen LogP contribution in [0, 0.1) is 0 Å². The van der Waals surface area contributed by atoms with Crippen LogP contribution in [0.25, 0.3) is 0 Å². The Morgan fingerprint density at radius 2 is 2.11 bits per heavy atom. The second-order valence-corrected chi connectivity index (χ2v) is 3.28. The second-order valence-electron chi connectivity index (χ2n) is 3.01. The Morgan fingerprint density at radius 3 is 2.56 bits per heavy atom. The summed E-state index contributed by atoms with van der Waals surface area (Å²) in [4.78, 5) is 24.8. The summed E-state index contributed by atoms with van der Waals surface area (Å²) in [5.41, 5.74) is -1.94. The van der Waals surface area contributed by atoms with Crippen LogP contribution in [0.1, 0.15) is 15.9 Å². The first-order valence-electron chi connectivity index (χ1n) is 4.44. The molecular formula is C9H7ClF3NO4. The summed E-state index contributed by atoms with van der Waals surface area (Å²) in [5.74, 6) is -2.39. The van der Waals surface area contributed by atoms with Crippen molar-refractivity contribution >= 4 is 17.6 Å². The number of ether oxygens (including phenoxy) is 2. The number of carbonyl (C=O) groups is 1. The van der Waals surface area contributed by atoms with Crippen LogP contribution in [-0.2, 0) is 10.6 Å². The fraction of sp³-hybridized carbons (Fsp3) is 0.333. The van der Waals surface area contributed by atoms with E-state index in [4.69, 9.17) is 11.6 Å². The predicted molar refractivity (Wildman–Crippen MR) is 54.6 cm³/mol. The van der Waals surface area contributed by atoms with Crippen molar-refractivity contribution in [2.24, 2.45) is 0 Å². The van der Waals surface area contributed by atoms with Crippen molar-refractivity contribution in [2.75, 3.05) is 7.11 Å². The Hall–Kier alpha value is -1.70. The minimum atomic E-state index is -4.98. The summed E-state index contributed by atoms with van der Waals surface area (Å²) in [6.45, 7) is 0. The lowest BCUT2D eigenvalue weighted by molar-refractivity contribution is -0.276. The summed E-state index contributed by atoms with van der Waals surface area (Å²) in [5, 5.41) is 0. The Morgan fingerprint density at radius 1 is 1.50 bits per heavy atom. The molecule has 18 heavy (non-hydrogen) atoms. The van der Waals surface area contributed by atoms with E-state index in [0.717, 1.165) is 13.3 Å². The van der Waals surface area contributed by atoms with Gasteiger partial charge in [-0.3, -0.25) is 4.79 Å². The van der Waals surface area contributed by atoms with Gasteiger partial charge in [-0.1, -0.05) is 0 Å². The highest BCUT2D eigenvalue weighted by Gasteiger charge is 2.33. The number of hydrogen-bond acceptors (Lipinski definition) is 4. The molecule has 1 rings (SSSR count). The largest absolute Gasteiger partial charge is 0.574 e. The van der Waals surface area contributed by atoms with Crippen LogP contribution in [0.3, 0.4) is 0 Å². The van der Waals surface area contributed by atoms with E-state index in [0.29, 0.717) is 0 Å². The van der Waals surface area contributed by atoms with Gasteiger partial charge in [0.25, 0.3) is 0 Å². The first-order chi connectivity index (χ1) is 8.30. The highest BCUT2D eigenvalue weighted by Crippen LogP contribution is 2.23. The fourth-order valence-corrected chi connectivity index (χ4v) is 1.39. The van der Waals surface area contributed by atoms with Gasteiger partial charge in [0.15, 0.2) is 0 Å². The van der Waals surface area contributed by atoms with Crippen molar-refractivity contribution < 1.29 is 27.4 Å². The molecule has 0 aliphatic carbocycles. The van der Waals surface area contributed by atoms with Gasteiger partial charge in [0.2, 0.25) is 11.3 Å². The molecule has 0 fully saturated rings. The minimum Gasteiger partial charge on any atom is -0.465 e. The lowest BCUT2D eigenvalue weighted by Gasteiger charge is -2.11. The lowest BCUT2D eigenvalue weighted by atomic mass is 10.2. The van der Waals surface area contributed by atoms with Crippen molar-refractivity contribution in [2.45, 2.75) is 12.2 Å². The van der Waals surface area contributed by atoms with Crippen LogP contribution in [0.2, 0.25) is 0 Å². The van der Waals surface area contributed by atoms with E-state index in [9.17, 15) is 22.8 Å². The monoisotopic (exact) mass is 285 g/mol. The normalized spacial score (nSPS) is 11.2. The van der Waals surface area contributed by atoms with Crippen molar-refractivity contribution in [3.05, 3.63) is 27.5 Å². The Kier molecular flexibility index (Phi) is 4.23. The van der Waals surface area contributed by atoms with Gasteiger partial charge in [-0.05, 0) is 0 Å². The Balaban J connectivity index is 3.30. The average molecular weight is 286 g/mol. The van der Waals surface area contributed by atoms with Crippen LogP contribution in [0.4, 0.5) is 13.2 Å². The lowest BCUT2D eigenvalue weighted by Crippen LogP contribution is -2.25. The summed E-state index contributed by atoms with van der Waals surface area (Å²) < 4.78 is 44.0. The van der Waals surface area contributed by atoms with Gasteiger partial charge < -0.3 is 14.5 Å². The van der Waals surface area contributed by atoms with Crippen LogP contribution in [0.5, 0.6) is 5.88 Å². The molecule has 0 radical (unpaired) electrons. The maximum atomic E-state index is 12.0. The Labute approximate surface area is 103 Å². The van der Waals surface area contributed by atoms with Gasteiger partial charge in [-0.2, -0.15) is 0 Å². The van der Waals surface area contributed by atoms with Crippen LogP contribution in [-0.4, -0.2) is 24.4 Å². The van der Waals surface area contributed by atoms with Gasteiger partial charge in [-0.25, -0.2) is 4.79 Å². The number of hydrogen-bond donors (Lipinski definition) is 1. The molecule has 0 bridgehead atoms. The zero-order valence-corrected chi connectivity index (χ0v) is 9.69. The first-order valence-corrected chi connectivity index (χ1v) is 4.98. The van der Waals surface area contributed by atoms with E-state index >= 15 is 0 Å². The number of methoxy groups -OCH3 is 1. The number of esters is 1. The summed E-state index contributed by atoms with van der Waals surface area (Å²) in [6, 6.07) is 0. The molecule has 0 amide bonds. The molecule has 0 saturated carbocycles. The number of alkyl halides is 4. The molecule has 1 N–H and O–H groups in total. The topological polar surface area (TPSA) is 68.4 Å². The predicted octanol–water partition coefficient (Wildman–Crippen LogP) is 1.80. The van der Waals surface area contributed by atoms with Crippen molar-refractivity contribution in [1.82, 2.24) is 4.98 Å². The number of aromatic nitrogens is 1. The fourth-order valence-electron chi connectivity index (χ4n) is 1.15. The average Bonchev–Trinajstić information content (AvgIpc) is 2.26. The quantitative estimate of drug-likeness (QED) is 0.679. The molecule has 100 valence electrons. The van der Waals surface area contributed by atoms with Gasteiger partial charge in [0.05, 0.1) is 18.6 Å². The van der Waals surface area contributed by atoms with Gasteiger partial charge in [0, 0.05) is 6.20 Å². The minimum absolute atomic E-state index is 0.456. The van der Waals surface area contributed by atoms with Gasteiger partial charge in [-0.15, -0.1) is 24.8 Å². The molecule has 9 heteroatoms. The number of nitrogens with one attached hydrogen (secondary N) is 1. The number of halogens is 4. The maximum absolute atomic E-state index is 12.0. The highest BCUT2D eigenvalue weighted by molar-refractivity contribution is 6.17. The molecule has 0 saturated heterocycles. The SMILES string of the molecule is COC(=O)c1c[nH]c(OC(F)(F)F)c(CCl)c1=O. The second kappa shape index (κ2) is 5.30. The number of H-pyrrole nitrogens is 1. The van der Waals surface area contributed by atoms with E-state index in [1.54, 1.807) is 0 Å². The molecule has 0 atom stereocenters. The van der Waals surface area contributed by atoms with E-state index in [1.807, 2.05) is 4.98 Å². The van der Waals surface area contributed by atoms with Gasteiger partial charge >= 0.3 is 12.3 Å². The van der Waals surface area contributed by atoms with Crippen molar-refractivity contribution in [3.8, 4) is 5.88 Å². The molecule has 0 spiro atoms. The summed E-state index contributed by atoms with van der Waals surface area (Å²) >= 11 is 5.37. The third kappa shape index (κ3) is 3.16. The van der Waals surface area contributed by atoms with Crippen LogP contribution >= 0.6 is 11.6 Å². The number of aromatic amines is 1. The van der Waals surface area contributed by atoms with E-state index < -0.39 is 40.6 Å². The van der Waals surface area contributed by atoms with E-state index in [-0.39, 0.29) is 0 Å². The molecule has 0 aliphatic rings. The molecule has 0 aliphatic heterocycles. The highest BCUT2D eigenvalue weighted by atomic mass is 35.5. The summed E-state index contributed by atoms with van der Waals surface area (Å²) in [7, 11) is 1.03. The van der Waals surface area contributed by atoms with Crippen molar-refractivity contribution in [3.63, 3.8) is 0 Å². The van der Waals surface area contributed by atoms with Crippen LogP contribution < -0.4 is 10.2 Å². The molecular weight excluding hydrogens is 279 g/mol. The smallest absolute Gasteiger partial charge is 0.465 e. The Bertz CT molecular complexity index is 512. The molecule has 1 heterocycles. The standard InChI is InChI=1S/C9H7ClF3NO4/c1-17-8(16)5-3-14-7(18-9(11,12)13)4(2-10)6(5)15/h3H,2H2,1H3,(H,14,15). The summed E-state index contributed by atoms with van der Waals surface area (Å²) in [6.07, 6.45) is -4.21. The zero-order valence-electron chi connectivity index (χ0n) is 8.93. The number of rotatable bonds is 3. The first kappa shape index (κ1) is 14.4. The molecule has 0 unspecified atom stereocenters. The maximum Gasteiger partial charge on any atom is 0.574 e. The zero-order chi connectivity index (χ0) is 13.9. The third-order valence-electron chi connectivity index (χ3n) is 1.90. The van der Waals surface area contributed by atoms with Gasteiger partial charge in [0.1, 0.15) is 5.56 Å². The molecule has 5 nitrogen and oxygen atoms in total. The van der Waals surface area contributed by atoms with Crippen LogP contribution in [0.15, 0.2) is 11.0 Å². The molecule has 1 aromatic heterocycles. The van der Waals surface area contributed by atoms with E-state index in [1.165, 1.54) is 0 Å². The number of pyridine rings is 1. The molecule has 0 aromatic carbocycles. The van der Waals surface area contributed by atoms with E-state index in [2.05, 4.69) is 9.47 Å². The third-order valence-corrected chi connectivity index (χ3v) is 2.16. The van der Waals surface area contributed by atoms with Crippen molar-refractivity contribution in [1.29, 1.82) is 0 Å². The number of carbonyl (C=O) groups excluding carboxylic acids is 1. The molecule has 1 aromatic rings.